The van der Waals surface area contributed by atoms with Crippen LogP contribution in [0.3, 0.4) is 0 Å². The Morgan fingerprint density at radius 1 is 1.20 bits per heavy atom. The number of aliphatic hydroxyl groups excluding tert-OH is 1. The minimum atomic E-state index is -0.545. The van der Waals surface area contributed by atoms with Gasteiger partial charge in [-0.15, -0.1) is 11.3 Å². The van der Waals surface area contributed by atoms with Crippen LogP contribution < -0.4 is 0 Å². The van der Waals surface area contributed by atoms with Crippen LogP contribution in [0.5, 0.6) is 0 Å². The Hall–Kier alpha value is -1.19. The Labute approximate surface area is 93.2 Å². The fraction of sp³-hybridized carbons (Fsp3) is 0.250. The van der Waals surface area contributed by atoms with Crippen LogP contribution in [0.4, 0.5) is 0 Å². The number of thiazole rings is 1. The van der Waals surface area contributed by atoms with E-state index < -0.39 is 6.10 Å². The van der Waals surface area contributed by atoms with E-state index in [2.05, 4.69) is 11.1 Å². The summed E-state index contributed by atoms with van der Waals surface area (Å²) in [6.45, 7) is 4.08. The molecular formula is C12H13NOS. The number of benzene rings is 1. The molecule has 1 unspecified atom stereocenters. The van der Waals surface area contributed by atoms with Gasteiger partial charge in [-0.25, -0.2) is 0 Å². The summed E-state index contributed by atoms with van der Waals surface area (Å²) >= 11 is 1.48. The highest BCUT2D eigenvalue weighted by Gasteiger charge is 2.12. The summed E-state index contributed by atoms with van der Waals surface area (Å²) in [6, 6.07) is 6.12. The van der Waals surface area contributed by atoms with Crippen LogP contribution >= 0.6 is 11.3 Å². The van der Waals surface area contributed by atoms with Crippen molar-refractivity contribution >= 4 is 11.3 Å². The molecule has 0 fully saturated rings. The van der Waals surface area contributed by atoms with Crippen LogP contribution in [0.2, 0.25) is 0 Å². The van der Waals surface area contributed by atoms with Crippen molar-refractivity contribution in [2.45, 2.75) is 20.0 Å². The average Bonchev–Trinajstić information content (AvgIpc) is 2.67. The summed E-state index contributed by atoms with van der Waals surface area (Å²) in [7, 11) is 0. The molecule has 2 aromatic rings. The molecule has 1 atom stereocenters. The zero-order valence-corrected chi connectivity index (χ0v) is 9.58. The molecule has 1 aromatic heterocycles. The molecule has 2 rings (SSSR count). The number of aryl methyl sites for hydroxylation is 2. The molecule has 0 saturated heterocycles. The molecule has 3 heteroatoms. The monoisotopic (exact) mass is 219 g/mol. The predicted molar refractivity (Wildman–Crippen MR) is 62.1 cm³/mol. The highest BCUT2D eigenvalue weighted by Crippen LogP contribution is 2.25. The van der Waals surface area contributed by atoms with Gasteiger partial charge in [-0.1, -0.05) is 29.3 Å². The minimum absolute atomic E-state index is 0.545. The third kappa shape index (κ3) is 2.25. The average molecular weight is 219 g/mol. The smallest absolute Gasteiger partial charge is 0.115 e. The Morgan fingerprint density at radius 2 is 1.87 bits per heavy atom. The molecule has 0 radical (unpaired) electrons. The van der Waals surface area contributed by atoms with Crippen LogP contribution in [0.25, 0.3) is 0 Å². The molecule has 1 aromatic carbocycles. The van der Waals surface area contributed by atoms with Crippen LogP contribution in [-0.2, 0) is 0 Å². The Morgan fingerprint density at radius 3 is 2.40 bits per heavy atom. The normalized spacial score (nSPS) is 12.7. The van der Waals surface area contributed by atoms with Gasteiger partial charge in [0.2, 0.25) is 0 Å². The van der Waals surface area contributed by atoms with E-state index in [0.29, 0.717) is 0 Å². The second kappa shape index (κ2) is 4.13. The van der Waals surface area contributed by atoms with E-state index in [1.807, 2.05) is 26.0 Å². The van der Waals surface area contributed by atoms with Gasteiger partial charge in [0.1, 0.15) is 6.10 Å². The fourth-order valence-corrected chi connectivity index (χ4v) is 2.32. The maximum Gasteiger partial charge on any atom is 0.115 e. The first-order valence-electron chi connectivity index (χ1n) is 4.81. The van der Waals surface area contributed by atoms with E-state index in [4.69, 9.17) is 0 Å². The first kappa shape index (κ1) is 10.3. The molecule has 15 heavy (non-hydrogen) atoms. The molecule has 1 N–H and O–H groups in total. The van der Waals surface area contributed by atoms with Gasteiger partial charge in [0.25, 0.3) is 0 Å². The van der Waals surface area contributed by atoms with Gasteiger partial charge in [0, 0.05) is 6.20 Å². The number of aliphatic hydroxyl groups is 1. The topological polar surface area (TPSA) is 33.1 Å². The number of hydrogen-bond acceptors (Lipinski definition) is 3. The predicted octanol–water partition coefficient (Wildman–Crippen LogP) is 2.84. The lowest BCUT2D eigenvalue weighted by molar-refractivity contribution is 0.224. The zero-order valence-electron chi connectivity index (χ0n) is 8.77. The van der Waals surface area contributed by atoms with Gasteiger partial charge in [0.15, 0.2) is 0 Å². The molecule has 1 heterocycles. The highest BCUT2D eigenvalue weighted by molar-refractivity contribution is 7.09. The van der Waals surface area contributed by atoms with Crippen LogP contribution in [0.15, 0.2) is 29.9 Å². The van der Waals surface area contributed by atoms with E-state index in [1.165, 1.54) is 22.5 Å². The van der Waals surface area contributed by atoms with Crippen molar-refractivity contribution in [1.29, 1.82) is 0 Å². The van der Waals surface area contributed by atoms with Crippen molar-refractivity contribution in [1.82, 2.24) is 4.98 Å². The van der Waals surface area contributed by atoms with Crippen molar-refractivity contribution in [3.8, 4) is 0 Å². The number of aromatic nitrogens is 1. The maximum atomic E-state index is 10.1. The van der Waals surface area contributed by atoms with Gasteiger partial charge in [-0.05, 0) is 19.4 Å². The largest absolute Gasteiger partial charge is 0.383 e. The summed E-state index contributed by atoms with van der Waals surface area (Å²) in [6.07, 6.45) is 1.17. The van der Waals surface area contributed by atoms with Gasteiger partial charge in [0.05, 0.1) is 10.4 Å². The summed E-state index contributed by atoms with van der Waals surface area (Å²) in [5.41, 5.74) is 5.03. The Bertz CT molecular complexity index is 430. The molecule has 0 aliphatic heterocycles. The maximum absolute atomic E-state index is 10.1. The minimum Gasteiger partial charge on any atom is -0.383 e. The van der Waals surface area contributed by atoms with Crippen molar-refractivity contribution in [2.75, 3.05) is 0 Å². The molecular weight excluding hydrogens is 206 g/mol. The first-order chi connectivity index (χ1) is 7.16. The molecule has 2 nitrogen and oxygen atoms in total. The molecule has 0 bridgehead atoms. The Kier molecular flexibility index (Phi) is 2.84. The first-order valence-corrected chi connectivity index (χ1v) is 5.69. The molecule has 0 amide bonds. The SMILES string of the molecule is Cc1cc(C)cc(C(O)c2cncs2)c1. The molecule has 0 aliphatic rings. The summed E-state index contributed by atoms with van der Waals surface area (Å²) < 4.78 is 0. The lowest BCUT2D eigenvalue weighted by Crippen LogP contribution is -1.98. The van der Waals surface area contributed by atoms with Crippen molar-refractivity contribution in [2.24, 2.45) is 0 Å². The van der Waals surface area contributed by atoms with E-state index in [1.54, 1.807) is 11.7 Å². The summed E-state index contributed by atoms with van der Waals surface area (Å²) in [4.78, 5) is 4.86. The van der Waals surface area contributed by atoms with E-state index >= 15 is 0 Å². The van der Waals surface area contributed by atoms with Crippen molar-refractivity contribution in [3.05, 3.63) is 51.5 Å². The molecule has 0 saturated carbocycles. The van der Waals surface area contributed by atoms with E-state index in [-0.39, 0.29) is 0 Å². The molecule has 0 spiro atoms. The van der Waals surface area contributed by atoms with E-state index in [9.17, 15) is 5.11 Å². The van der Waals surface area contributed by atoms with E-state index in [0.717, 1.165) is 10.4 Å². The Balaban J connectivity index is 2.37. The van der Waals surface area contributed by atoms with Gasteiger partial charge in [-0.2, -0.15) is 0 Å². The number of nitrogens with zero attached hydrogens (tertiary/aromatic N) is 1. The summed E-state index contributed by atoms with van der Waals surface area (Å²) in [5, 5.41) is 10.1. The lowest BCUT2D eigenvalue weighted by atomic mass is 10.0. The second-order valence-electron chi connectivity index (χ2n) is 3.73. The third-order valence-electron chi connectivity index (χ3n) is 2.28. The summed E-state index contributed by atoms with van der Waals surface area (Å²) in [5.74, 6) is 0. The highest BCUT2D eigenvalue weighted by atomic mass is 32.1. The van der Waals surface area contributed by atoms with Gasteiger partial charge >= 0.3 is 0 Å². The molecule has 78 valence electrons. The van der Waals surface area contributed by atoms with Crippen LogP contribution in [-0.4, -0.2) is 10.1 Å². The lowest BCUT2D eigenvalue weighted by Gasteiger charge is -2.10. The standard InChI is InChI=1S/C12H13NOS/c1-8-3-9(2)5-10(4-8)12(14)11-6-13-7-15-11/h3-7,12,14H,1-2H3. The fourth-order valence-electron chi connectivity index (χ4n) is 1.69. The van der Waals surface area contributed by atoms with Crippen LogP contribution in [0.1, 0.15) is 27.7 Å². The van der Waals surface area contributed by atoms with Crippen molar-refractivity contribution < 1.29 is 5.11 Å². The second-order valence-corrected chi connectivity index (χ2v) is 4.65. The van der Waals surface area contributed by atoms with Crippen molar-refractivity contribution in [3.63, 3.8) is 0 Å². The van der Waals surface area contributed by atoms with Crippen LogP contribution in [0, 0.1) is 13.8 Å². The molecule has 0 aliphatic carbocycles. The number of rotatable bonds is 2. The third-order valence-corrected chi connectivity index (χ3v) is 3.11. The van der Waals surface area contributed by atoms with Gasteiger partial charge < -0.3 is 5.11 Å². The number of hydrogen-bond donors (Lipinski definition) is 1. The van der Waals surface area contributed by atoms with Gasteiger partial charge in [-0.3, -0.25) is 4.98 Å². The zero-order chi connectivity index (χ0) is 10.8. The quantitative estimate of drug-likeness (QED) is 0.842.